The first-order chi connectivity index (χ1) is 8.84. The number of hydrogen-bond donors (Lipinski definition) is 1. The molecule has 0 atom stereocenters. The van der Waals surface area contributed by atoms with Crippen molar-refractivity contribution in [2.75, 3.05) is 31.1 Å². The highest BCUT2D eigenvalue weighted by atomic mass is 15.4. The summed E-state index contributed by atoms with van der Waals surface area (Å²) >= 11 is 0. The number of aryl methyl sites for hydroxylation is 1. The molecule has 94 valence electrons. The van der Waals surface area contributed by atoms with Crippen molar-refractivity contribution in [3.63, 3.8) is 0 Å². The zero-order valence-corrected chi connectivity index (χ0v) is 10.5. The summed E-state index contributed by atoms with van der Waals surface area (Å²) in [5.74, 6) is 1.17. The summed E-state index contributed by atoms with van der Waals surface area (Å²) in [6, 6.07) is 6.11. The van der Waals surface area contributed by atoms with Crippen LogP contribution in [0, 0.1) is 6.92 Å². The summed E-state index contributed by atoms with van der Waals surface area (Å²) < 4.78 is 2.00. The van der Waals surface area contributed by atoms with Crippen molar-refractivity contribution < 1.29 is 0 Å². The SMILES string of the molecule is Cc1cc(N2CCNCC2)n(-c2ccncc2)n1. The van der Waals surface area contributed by atoms with Crippen molar-refractivity contribution >= 4 is 5.82 Å². The van der Waals surface area contributed by atoms with Crippen LogP contribution in [0.4, 0.5) is 5.82 Å². The van der Waals surface area contributed by atoms with Gasteiger partial charge in [0.1, 0.15) is 5.82 Å². The first-order valence-electron chi connectivity index (χ1n) is 6.27. The number of rotatable bonds is 2. The second-order valence-corrected chi connectivity index (χ2v) is 4.50. The van der Waals surface area contributed by atoms with E-state index < -0.39 is 0 Å². The summed E-state index contributed by atoms with van der Waals surface area (Å²) in [6.07, 6.45) is 3.60. The lowest BCUT2D eigenvalue weighted by molar-refractivity contribution is 0.579. The Morgan fingerprint density at radius 2 is 1.89 bits per heavy atom. The van der Waals surface area contributed by atoms with Gasteiger partial charge in [-0.05, 0) is 19.1 Å². The monoisotopic (exact) mass is 243 g/mol. The van der Waals surface area contributed by atoms with E-state index in [1.807, 2.05) is 23.7 Å². The van der Waals surface area contributed by atoms with E-state index in [4.69, 9.17) is 0 Å². The molecule has 3 rings (SSSR count). The van der Waals surface area contributed by atoms with Crippen LogP contribution in [0.25, 0.3) is 5.69 Å². The van der Waals surface area contributed by atoms with Gasteiger partial charge in [-0.15, -0.1) is 0 Å². The van der Waals surface area contributed by atoms with Crippen molar-refractivity contribution in [2.24, 2.45) is 0 Å². The zero-order valence-electron chi connectivity index (χ0n) is 10.5. The molecule has 18 heavy (non-hydrogen) atoms. The highest BCUT2D eigenvalue weighted by molar-refractivity contribution is 5.48. The van der Waals surface area contributed by atoms with Crippen LogP contribution in [0.2, 0.25) is 0 Å². The number of pyridine rings is 1. The van der Waals surface area contributed by atoms with Gasteiger partial charge in [-0.1, -0.05) is 0 Å². The summed E-state index contributed by atoms with van der Waals surface area (Å²) in [5, 5.41) is 7.95. The molecule has 0 bridgehead atoms. The van der Waals surface area contributed by atoms with Crippen molar-refractivity contribution in [2.45, 2.75) is 6.92 Å². The molecule has 1 saturated heterocycles. The van der Waals surface area contributed by atoms with E-state index in [0.717, 1.165) is 37.6 Å². The molecule has 0 aromatic carbocycles. The van der Waals surface area contributed by atoms with Crippen LogP contribution in [-0.2, 0) is 0 Å². The minimum absolute atomic E-state index is 1.02. The van der Waals surface area contributed by atoms with Crippen LogP contribution in [0.1, 0.15) is 5.69 Å². The summed E-state index contributed by atoms with van der Waals surface area (Å²) in [4.78, 5) is 6.43. The number of aromatic nitrogens is 3. The van der Waals surface area contributed by atoms with E-state index in [-0.39, 0.29) is 0 Å². The first-order valence-corrected chi connectivity index (χ1v) is 6.27. The van der Waals surface area contributed by atoms with Gasteiger partial charge in [-0.25, -0.2) is 4.68 Å². The van der Waals surface area contributed by atoms with Gasteiger partial charge in [0, 0.05) is 44.6 Å². The van der Waals surface area contributed by atoms with Gasteiger partial charge >= 0.3 is 0 Å². The smallest absolute Gasteiger partial charge is 0.132 e. The minimum atomic E-state index is 1.02. The van der Waals surface area contributed by atoms with Gasteiger partial charge in [0.2, 0.25) is 0 Å². The maximum atomic E-state index is 4.58. The summed E-state index contributed by atoms with van der Waals surface area (Å²) in [7, 11) is 0. The van der Waals surface area contributed by atoms with Crippen molar-refractivity contribution in [1.29, 1.82) is 0 Å². The number of nitrogens with zero attached hydrogens (tertiary/aromatic N) is 4. The highest BCUT2D eigenvalue weighted by Crippen LogP contribution is 2.20. The van der Waals surface area contributed by atoms with Gasteiger partial charge in [-0.3, -0.25) is 4.98 Å². The van der Waals surface area contributed by atoms with Gasteiger partial charge in [0.15, 0.2) is 0 Å². The molecule has 0 saturated carbocycles. The number of hydrogen-bond acceptors (Lipinski definition) is 4. The van der Waals surface area contributed by atoms with E-state index in [9.17, 15) is 0 Å². The molecule has 1 N–H and O–H groups in total. The largest absolute Gasteiger partial charge is 0.354 e. The van der Waals surface area contributed by atoms with E-state index in [0.29, 0.717) is 0 Å². The fraction of sp³-hybridized carbons (Fsp3) is 0.385. The molecule has 1 aliphatic rings. The van der Waals surface area contributed by atoms with E-state index >= 15 is 0 Å². The molecular formula is C13H17N5. The number of nitrogens with one attached hydrogen (secondary N) is 1. The summed E-state index contributed by atoms with van der Waals surface area (Å²) in [6.45, 7) is 6.14. The lowest BCUT2D eigenvalue weighted by atomic mass is 10.3. The molecule has 3 heterocycles. The molecule has 2 aromatic rings. The predicted octanol–water partition coefficient (Wildman–Crippen LogP) is 0.985. The van der Waals surface area contributed by atoms with Gasteiger partial charge in [0.05, 0.1) is 11.4 Å². The fourth-order valence-electron chi connectivity index (χ4n) is 2.28. The molecule has 2 aromatic heterocycles. The van der Waals surface area contributed by atoms with Crippen LogP contribution in [0.15, 0.2) is 30.6 Å². The maximum absolute atomic E-state index is 4.58. The standard InChI is InChI=1S/C13H17N5/c1-11-10-13(17-8-6-15-7-9-17)18(16-11)12-2-4-14-5-3-12/h2-5,10,15H,6-9H2,1H3. The zero-order chi connectivity index (χ0) is 12.4. The molecule has 0 unspecified atom stereocenters. The Morgan fingerprint density at radius 3 is 2.61 bits per heavy atom. The molecule has 5 heteroatoms. The first kappa shape index (κ1) is 11.2. The molecule has 5 nitrogen and oxygen atoms in total. The molecule has 0 radical (unpaired) electrons. The Balaban J connectivity index is 1.99. The van der Waals surface area contributed by atoms with Crippen LogP contribution >= 0.6 is 0 Å². The molecular weight excluding hydrogens is 226 g/mol. The number of piperazine rings is 1. The second kappa shape index (κ2) is 4.78. The van der Waals surface area contributed by atoms with Crippen LogP contribution in [0.3, 0.4) is 0 Å². The second-order valence-electron chi connectivity index (χ2n) is 4.50. The lowest BCUT2D eigenvalue weighted by Gasteiger charge is -2.29. The highest BCUT2D eigenvalue weighted by Gasteiger charge is 2.16. The van der Waals surface area contributed by atoms with Crippen molar-refractivity contribution in [1.82, 2.24) is 20.1 Å². The third kappa shape index (κ3) is 2.09. The van der Waals surface area contributed by atoms with Gasteiger partial charge in [-0.2, -0.15) is 5.10 Å². The topological polar surface area (TPSA) is 46.0 Å². The normalized spacial score (nSPS) is 15.9. The predicted molar refractivity (Wildman–Crippen MR) is 71.2 cm³/mol. The van der Waals surface area contributed by atoms with Crippen molar-refractivity contribution in [3.05, 3.63) is 36.3 Å². The minimum Gasteiger partial charge on any atom is -0.354 e. The molecule has 1 fully saturated rings. The Labute approximate surface area is 106 Å². The Hall–Kier alpha value is -1.88. The van der Waals surface area contributed by atoms with Crippen LogP contribution in [0.5, 0.6) is 0 Å². The molecule has 0 aliphatic carbocycles. The summed E-state index contributed by atoms with van der Waals surface area (Å²) in [5.41, 5.74) is 2.10. The van der Waals surface area contributed by atoms with Gasteiger partial charge < -0.3 is 10.2 Å². The average Bonchev–Trinajstić information content (AvgIpc) is 2.83. The molecule has 1 aliphatic heterocycles. The fourth-order valence-corrected chi connectivity index (χ4v) is 2.28. The van der Waals surface area contributed by atoms with Crippen molar-refractivity contribution in [3.8, 4) is 5.69 Å². The molecule has 0 spiro atoms. The Kier molecular flexibility index (Phi) is 2.98. The van der Waals surface area contributed by atoms with E-state index in [2.05, 4.69) is 26.4 Å². The third-order valence-electron chi connectivity index (χ3n) is 3.16. The van der Waals surface area contributed by atoms with Gasteiger partial charge in [0.25, 0.3) is 0 Å². The van der Waals surface area contributed by atoms with Crippen LogP contribution in [-0.4, -0.2) is 40.9 Å². The quantitative estimate of drug-likeness (QED) is 0.854. The average molecular weight is 243 g/mol. The van der Waals surface area contributed by atoms with E-state index in [1.54, 1.807) is 12.4 Å². The maximum Gasteiger partial charge on any atom is 0.132 e. The Morgan fingerprint density at radius 1 is 1.17 bits per heavy atom. The lowest BCUT2D eigenvalue weighted by Crippen LogP contribution is -2.44. The molecule has 0 amide bonds. The Bertz CT molecular complexity index is 513. The number of anilines is 1. The van der Waals surface area contributed by atoms with Crippen LogP contribution < -0.4 is 10.2 Å². The third-order valence-corrected chi connectivity index (χ3v) is 3.16. The van der Waals surface area contributed by atoms with E-state index in [1.165, 1.54) is 5.82 Å².